The Hall–Kier alpha value is -3.47. The lowest BCUT2D eigenvalue weighted by atomic mass is 10.1. The smallest absolute Gasteiger partial charge is 0.325 e. The van der Waals surface area contributed by atoms with Crippen molar-refractivity contribution in [2.75, 3.05) is 0 Å². The number of amides is 3. The van der Waals surface area contributed by atoms with Gasteiger partial charge in [-0.15, -0.1) is 0 Å². The molecule has 0 bridgehead atoms. The molecule has 0 aliphatic heterocycles. The highest BCUT2D eigenvalue weighted by Gasteiger charge is 2.29. The maximum Gasteiger partial charge on any atom is 0.325 e. The van der Waals surface area contributed by atoms with Gasteiger partial charge in [0, 0.05) is 0 Å². The van der Waals surface area contributed by atoms with E-state index in [-0.39, 0.29) is 6.42 Å². The highest BCUT2D eigenvalue weighted by atomic mass is 16.4. The van der Waals surface area contributed by atoms with E-state index in [0.717, 1.165) is 5.56 Å². The summed E-state index contributed by atoms with van der Waals surface area (Å²) in [5.41, 5.74) is 6.64. The van der Waals surface area contributed by atoms with Crippen LogP contribution in [0.4, 0.5) is 0 Å². The summed E-state index contributed by atoms with van der Waals surface area (Å²) < 4.78 is 0. The summed E-state index contributed by atoms with van der Waals surface area (Å²) in [5, 5.41) is 24.6. The van der Waals surface area contributed by atoms with Crippen LogP contribution in [0.15, 0.2) is 30.3 Å². The first kappa shape index (κ1) is 24.6. The molecule has 1 aromatic rings. The van der Waals surface area contributed by atoms with Crippen molar-refractivity contribution in [3.8, 4) is 0 Å². The van der Waals surface area contributed by atoms with Gasteiger partial charge in [0.2, 0.25) is 17.7 Å². The Balaban J connectivity index is 2.73. The standard InChI is InChI=1S/C19H26N4O7/c1-10(16(26)22-11(2)19(29)30)21-18(28)14(9-15(24)25)23-17(27)13(20)8-12-6-4-3-5-7-12/h3-7,10-11,13-14H,8-9,20H2,1-2H3,(H,21,28)(H,22,26)(H,23,27)(H,24,25)(H,29,30). The number of carboxylic acid groups (broad SMARTS) is 2. The number of hydrogen-bond acceptors (Lipinski definition) is 6. The largest absolute Gasteiger partial charge is 0.481 e. The van der Waals surface area contributed by atoms with Crippen molar-refractivity contribution in [3.05, 3.63) is 35.9 Å². The molecule has 164 valence electrons. The summed E-state index contributed by atoms with van der Waals surface area (Å²) in [5.74, 6) is -5.02. The van der Waals surface area contributed by atoms with Gasteiger partial charge in [-0.2, -0.15) is 0 Å². The topological polar surface area (TPSA) is 188 Å². The van der Waals surface area contributed by atoms with E-state index in [4.69, 9.17) is 15.9 Å². The number of carbonyl (C=O) groups is 5. The van der Waals surface area contributed by atoms with E-state index in [1.54, 1.807) is 30.3 Å². The molecule has 0 saturated carbocycles. The second-order valence-corrected chi connectivity index (χ2v) is 6.75. The zero-order valence-corrected chi connectivity index (χ0v) is 16.6. The number of aliphatic carboxylic acids is 2. The van der Waals surface area contributed by atoms with Crippen LogP contribution < -0.4 is 21.7 Å². The van der Waals surface area contributed by atoms with Gasteiger partial charge in [-0.25, -0.2) is 0 Å². The van der Waals surface area contributed by atoms with Crippen LogP contribution in [0.3, 0.4) is 0 Å². The van der Waals surface area contributed by atoms with Crippen LogP contribution in [0.1, 0.15) is 25.8 Å². The van der Waals surface area contributed by atoms with E-state index in [1.165, 1.54) is 13.8 Å². The molecule has 0 aromatic heterocycles. The normalized spacial score (nSPS) is 14.5. The molecule has 30 heavy (non-hydrogen) atoms. The molecule has 7 N–H and O–H groups in total. The predicted octanol–water partition coefficient (Wildman–Crippen LogP) is -1.39. The first-order valence-electron chi connectivity index (χ1n) is 9.16. The number of benzene rings is 1. The van der Waals surface area contributed by atoms with Crippen LogP contribution in [-0.4, -0.2) is 64.0 Å². The number of carbonyl (C=O) groups excluding carboxylic acids is 3. The molecule has 0 spiro atoms. The molecule has 4 unspecified atom stereocenters. The van der Waals surface area contributed by atoms with Gasteiger partial charge >= 0.3 is 11.9 Å². The Labute approximate surface area is 173 Å². The Kier molecular flexibility index (Phi) is 9.43. The van der Waals surface area contributed by atoms with Gasteiger partial charge in [-0.3, -0.25) is 24.0 Å². The molecule has 0 aliphatic rings. The predicted molar refractivity (Wildman–Crippen MR) is 105 cm³/mol. The van der Waals surface area contributed by atoms with E-state index >= 15 is 0 Å². The summed E-state index contributed by atoms with van der Waals surface area (Å²) in [7, 11) is 0. The van der Waals surface area contributed by atoms with Crippen molar-refractivity contribution in [3.63, 3.8) is 0 Å². The molecule has 0 saturated heterocycles. The minimum Gasteiger partial charge on any atom is -0.481 e. The van der Waals surface area contributed by atoms with Gasteiger partial charge in [-0.1, -0.05) is 30.3 Å². The summed E-state index contributed by atoms with van der Waals surface area (Å²) in [6, 6.07) is 4.07. The first-order chi connectivity index (χ1) is 14.0. The second kappa shape index (κ2) is 11.5. The third kappa shape index (κ3) is 8.27. The maximum absolute atomic E-state index is 12.4. The Bertz CT molecular complexity index is 784. The molecule has 0 radical (unpaired) electrons. The minimum absolute atomic E-state index is 0.181. The molecule has 1 aromatic carbocycles. The third-order valence-electron chi connectivity index (χ3n) is 4.13. The minimum atomic E-state index is -1.47. The van der Waals surface area contributed by atoms with E-state index in [1.807, 2.05) is 0 Å². The lowest BCUT2D eigenvalue weighted by Gasteiger charge is -2.22. The van der Waals surface area contributed by atoms with Crippen LogP contribution in [0.5, 0.6) is 0 Å². The Morgan fingerprint density at radius 3 is 1.97 bits per heavy atom. The van der Waals surface area contributed by atoms with E-state index in [0.29, 0.717) is 0 Å². The zero-order chi connectivity index (χ0) is 22.8. The monoisotopic (exact) mass is 422 g/mol. The second-order valence-electron chi connectivity index (χ2n) is 6.75. The van der Waals surface area contributed by atoms with Gasteiger partial charge in [0.15, 0.2) is 0 Å². The van der Waals surface area contributed by atoms with E-state index in [9.17, 15) is 24.0 Å². The number of hydrogen-bond donors (Lipinski definition) is 6. The van der Waals surface area contributed by atoms with Gasteiger partial charge < -0.3 is 31.9 Å². The SMILES string of the molecule is CC(NC(=O)C(C)NC(=O)C(CC(=O)O)NC(=O)C(N)Cc1ccccc1)C(=O)O. The van der Waals surface area contributed by atoms with Crippen LogP contribution in [-0.2, 0) is 30.4 Å². The average Bonchev–Trinajstić information content (AvgIpc) is 2.67. The summed E-state index contributed by atoms with van der Waals surface area (Å²) in [6.45, 7) is 2.54. The van der Waals surface area contributed by atoms with E-state index < -0.39 is 60.2 Å². The van der Waals surface area contributed by atoms with Crippen molar-refractivity contribution in [1.82, 2.24) is 16.0 Å². The van der Waals surface area contributed by atoms with Gasteiger partial charge in [0.1, 0.15) is 18.1 Å². The quantitative estimate of drug-likeness (QED) is 0.251. The number of nitrogens with one attached hydrogen (secondary N) is 3. The average molecular weight is 422 g/mol. The van der Waals surface area contributed by atoms with Crippen molar-refractivity contribution in [2.45, 2.75) is 50.9 Å². The summed E-state index contributed by atoms with van der Waals surface area (Å²) >= 11 is 0. The van der Waals surface area contributed by atoms with Gasteiger partial charge in [0.05, 0.1) is 12.5 Å². The fraction of sp³-hybridized carbons (Fsp3) is 0.421. The van der Waals surface area contributed by atoms with Crippen LogP contribution in [0.25, 0.3) is 0 Å². The number of nitrogens with two attached hydrogens (primary N) is 1. The number of carboxylic acids is 2. The lowest BCUT2D eigenvalue weighted by Crippen LogP contribution is -2.56. The number of rotatable bonds is 11. The van der Waals surface area contributed by atoms with Crippen molar-refractivity contribution >= 4 is 29.7 Å². The highest BCUT2D eigenvalue weighted by molar-refractivity contribution is 5.95. The molecular formula is C19H26N4O7. The fourth-order valence-corrected chi connectivity index (χ4v) is 2.40. The van der Waals surface area contributed by atoms with Crippen LogP contribution in [0.2, 0.25) is 0 Å². The Morgan fingerprint density at radius 2 is 1.43 bits per heavy atom. The first-order valence-corrected chi connectivity index (χ1v) is 9.16. The maximum atomic E-state index is 12.4. The lowest BCUT2D eigenvalue weighted by molar-refractivity contribution is -0.142. The van der Waals surface area contributed by atoms with Crippen LogP contribution in [0, 0.1) is 0 Å². The zero-order valence-electron chi connectivity index (χ0n) is 16.6. The van der Waals surface area contributed by atoms with Crippen molar-refractivity contribution < 1.29 is 34.2 Å². The molecule has 0 heterocycles. The molecule has 0 aliphatic carbocycles. The molecular weight excluding hydrogens is 396 g/mol. The van der Waals surface area contributed by atoms with Crippen molar-refractivity contribution in [1.29, 1.82) is 0 Å². The Morgan fingerprint density at radius 1 is 0.867 bits per heavy atom. The summed E-state index contributed by atoms with van der Waals surface area (Å²) in [6.07, 6.45) is -0.546. The third-order valence-corrected chi connectivity index (χ3v) is 4.13. The van der Waals surface area contributed by atoms with Gasteiger partial charge in [-0.05, 0) is 25.8 Å². The van der Waals surface area contributed by atoms with Crippen molar-refractivity contribution in [2.24, 2.45) is 5.73 Å². The highest BCUT2D eigenvalue weighted by Crippen LogP contribution is 2.03. The molecule has 11 nitrogen and oxygen atoms in total. The molecule has 11 heteroatoms. The molecule has 3 amide bonds. The van der Waals surface area contributed by atoms with E-state index in [2.05, 4.69) is 16.0 Å². The molecule has 0 fully saturated rings. The van der Waals surface area contributed by atoms with Crippen LogP contribution >= 0.6 is 0 Å². The van der Waals surface area contributed by atoms with Gasteiger partial charge in [0.25, 0.3) is 0 Å². The summed E-state index contributed by atoms with van der Waals surface area (Å²) in [4.78, 5) is 58.6. The fourth-order valence-electron chi connectivity index (χ4n) is 2.40. The molecule has 4 atom stereocenters. The molecule has 1 rings (SSSR count).